The molecule has 0 aliphatic rings. The number of unbranched alkanes of at least 4 members (excludes halogenated alkanes) is 13. The molecule has 0 fully saturated rings. The molecule has 0 aromatic rings. The second-order valence-corrected chi connectivity index (χ2v) is 10.1. The quantitative estimate of drug-likeness (QED) is 0.166. The van der Waals surface area contributed by atoms with E-state index in [0.717, 1.165) is 23.9 Å². The van der Waals surface area contributed by atoms with Crippen molar-refractivity contribution in [3.63, 3.8) is 0 Å². The molecule has 0 spiro atoms. The molecule has 26 heavy (non-hydrogen) atoms. The molecular formula is C21H45NO3S. The van der Waals surface area contributed by atoms with Crippen LogP contribution in [0.4, 0.5) is 0 Å². The van der Waals surface area contributed by atoms with Gasteiger partial charge < -0.3 is 9.04 Å². The Morgan fingerprint density at radius 3 is 1.35 bits per heavy atom. The van der Waals surface area contributed by atoms with Gasteiger partial charge in [0, 0.05) is 5.75 Å². The van der Waals surface area contributed by atoms with E-state index < -0.39 is 10.1 Å². The lowest BCUT2D eigenvalue weighted by atomic mass is 10.1. The van der Waals surface area contributed by atoms with Crippen LogP contribution in [-0.2, 0) is 10.1 Å². The number of hydrogen-bond donors (Lipinski definition) is 0. The highest BCUT2D eigenvalue weighted by molar-refractivity contribution is 7.85. The van der Waals surface area contributed by atoms with Gasteiger partial charge in [0.15, 0.2) is 0 Å². The molecule has 0 saturated carbocycles. The minimum absolute atomic E-state index is 0.209. The van der Waals surface area contributed by atoms with E-state index in [2.05, 4.69) is 21.0 Å². The van der Waals surface area contributed by atoms with Crippen molar-refractivity contribution in [3.05, 3.63) is 0 Å². The maximum Gasteiger partial charge on any atom is 0.0945 e. The van der Waals surface area contributed by atoms with Crippen LogP contribution in [-0.4, -0.2) is 50.4 Å². The van der Waals surface area contributed by atoms with Crippen LogP contribution in [0.15, 0.2) is 0 Å². The summed E-state index contributed by atoms with van der Waals surface area (Å²) in [5.41, 5.74) is 0. The molecule has 158 valence electrons. The largest absolute Gasteiger partial charge is 0.748 e. The molecule has 0 atom stereocenters. The number of nitrogens with zero attached hydrogens (tertiary/aromatic N) is 1. The zero-order valence-electron chi connectivity index (χ0n) is 17.8. The fraction of sp³-hybridized carbons (Fsp3) is 1.00. The van der Waals surface area contributed by atoms with Gasteiger partial charge in [-0.05, 0) is 32.1 Å². The molecule has 0 bridgehead atoms. The first-order valence-corrected chi connectivity index (χ1v) is 12.6. The molecule has 0 amide bonds. The van der Waals surface area contributed by atoms with E-state index in [1.54, 1.807) is 0 Å². The fourth-order valence-corrected chi connectivity index (χ4v) is 4.05. The Hall–Kier alpha value is -0.130. The van der Waals surface area contributed by atoms with Crippen LogP contribution in [0.5, 0.6) is 0 Å². The van der Waals surface area contributed by atoms with Crippen molar-refractivity contribution in [2.75, 3.05) is 32.9 Å². The van der Waals surface area contributed by atoms with Crippen LogP contribution >= 0.6 is 0 Å². The number of rotatable bonds is 19. The third-order valence-corrected chi connectivity index (χ3v) is 6.06. The van der Waals surface area contributed by atoms with Crippen molar-refractivity contribution >= 4 is 10.1 Å². The summed E-state index contributed by atoms with van der Waals surface area (Å²) in [6.07, 6.45) is 18.9. The summed E-state index contributed by atoms with van der Waals surface area (Å²) in [7, 11) is 0.476. The Morgan fingerprint density at radius 2 is 0.962 bits per heavy atom. The molecule has 0 aliphatic heterocycles. The molecule has 4 nitrogen and oxygen atoms in total. The smallest absolute Gasteiger partial charge is 0.0945 e. The summed E-state index contributed by atoms with van der Waals surface area (Å²) in [6, 6.07) is 0. The topological polar surface area (TPSA) is 57.2 Å². The van der Waals surface area contributed by atoms with E-state index in [1.165, 1.54) is 83.6 Å². The molecule has 0 aromatic carbocycles. The molecule has 0 rings (SSSR count). The summed E-state index contributed by atoms with van der Waals surface area (Å²) < 4.78 is 32.7. The molecule has 0 radical (unpaired) electrons. The average molecular weight is 392 g/mol. The standard InChI is InChI=1S/C21H45NO3S/c1-4-5-6-7-8-9-10-11-12-13-14-16-19-22(2,3)20-17-15-18-21-26(23,24)25/h4-21H2,1-3H3. The first kappa shape index (κ1) is 25.9. The van der Waals surface area contributed by atoms with Crippen LogP contribution in [0.25, 0.3) is 0 Å². The average Bonchev–Trinajstić information content (AvgIpc) is 2.54. The van der Waals surface area contributed by atoms with E-state index >= 15 is 0 Å². The van der Waals surface area contributed by atoms with E-state index in [-0.39, 0.29) is 5.75 Å². The highest BCUT2D eigenvalue weighted by Crippen LogP contribution is 2.13. The Labute approximate surface area is 164 Å². The predicted molar refractivity (Wildman–Crippen MR) is 111 cm³/mol. The van der Waals surface area contributed by atoms with Gasteiger partial charge in [0.1, 0.15) is 0 Å². The van der Waals surface area contributed by atoms with Gasteiger partial charge in [-0.25, -0.2) is 8.42 Å². The maximum atomic E-state index is 10.6. The van der Waals surface area contributed by atoms with Gasteiger partial charge in [-0.3, -0.25) is 0 Å². The van der Waals surface area contributed by atoms with E-state index in [0.29, 0.717) is 6.42 Å². The van der Waals surface area contributed by atoms with Gasteiger partial charge in [-0.1, -0.05) is 71.1 Å². The summed E-state index contributed by atoms with van der Waals surface area (Å²) in [5, 5.41) is 0. The van der Waals surface area contributed by atoms with Gasteiger partial charge in [-0.2, -0.15) is 0 Å². The Kier molecular flexibility index (Phi) is 15.8. The van der Waals surface area contributed by atoms with Crippen molar-refractivity contribution in [2.24, 2.45) is 0 Å². The van der Waals surface area contributed by atoms with Crippen molar-refractivity contribution in [1.82, 2.24) is 0 Å². The van der Waals surface area contributed by atoms with Gasteiger partial charge in [0.25, 0.3) is 0 Å². The summed E-state index contributed by atoms with van der Waals surface area (Å²) in [6.45, 7) is 4.53. The Balaban J connectivity index is 3.39. The summed E-state index contributed by atoms with van der Waals surface area (Å²) in [5.74, 6) is -0.209. The lowest BCUT2D eigenvalue weighted by Gasteiger charge is -2.30. The number of quaternary nitrogens is 1. The van der Waals surface area contributed by atoms with Crippen LogP contribution < -0.4 is 0 Å². The molecule has 0 heterocycles. The highest BCUT2D eigenvalue weighted by Gasteiger charge is 2.13. The van der Waals surface area contributed by atoms with Crippen LogP contribution in [0.1, 0.15) is 103 Å². The van der Waals surface area contributed by atoms with Gasteiger partial charge in [-0.15, -0.1) is 0 Å². The van der Waals surface area contributed by atoms with Crippen LogP contribution in [0.2, 0.25) is 0 Å². The van der Waals surface area contributed by atoms with E-state index in [4.69, 9.17) is 0 Å². The zero-order valence-corrected chi connectivity index (χ0v) is 18.6. The summed E-state index contributed by atoms with van der Waals surface area (Å²) in [4.78, 5) is 0. The predicted octanol–water partition coefficient (Wildman–Crippen LogP) is 5.48. The molecular weight excluding hydrogens is 346 g/mol. The second-order valence-electron chi connectivity index (χ2n) is 8.59. The van der Waals surface area contributed by atoms with Gasteiger partial charge in [0.2, 0.25) is 0 Å². The fourth-order valence-electron chi connectivity index (χ4n) is 3.49. The number of hydrogen-bond acceptors (Lipinski definition) is 3. The maximum absolute atomic E-state index is 10.6. The van der Waals surface area contributed by atoms with E-state index in [9.17, 15) is 13.0 Å². The normalized spacial score (nSPS) is 12.6. The molecule has 0 aliphatic carbocycles. The summed E-state index contributed by atoms with van der Waals surface area (Å²) >= 11 is 0. The highest BCUT2D eigenvalue weighted by atomic mass is 32.2. The molecule has 0 N–H and O–H groups in total. The third kappa shape index (κ3) is 20.2. The van der Waals surface area contributed by atoms with Gasteiger partial charge in [0.05, 0.1) is 37.3 Å². The van der Waals surface area contributed by atoms with Crippen molar-refractivity contribution in [3.8, 4) is 0 Å². The lowest BCUT2D eigenvalue weighted by molar-refractivity contribution is -0.890. The van der Waals surface area contributed by atoms with Crippen molar-refractivity contribution < 1.29 is 17.5 Å². The molecule has 0 saturated heterocycles. The minimum atomic E-state index is -4.03. The van der Waals surface area contributed by atoms with Gasteiger partial charge >= 0.3 is 0 Å². The Morgan fingerprint density at radius 1 is 0.615 bits per heavy atom. The van der Waals surface area contributed by atoms with Crippen molar-refractivity contribution in [2.45, 2.75) is 103 Å². The first-order chi connectivity index (χ1) is 12.3. The molecule has 0 unspecified atom stereocenters. The second kappa shape index (κ2) is 15.9. The SMILES string of the molecule is CCCCCCCCCCCCCC[N+](C)(C)CCCCCS(=O)(=O)[O-]. The minimum Gasteiger partial charge on any atom is -0.748 e. The van der Waals surface area contributed by atoms with Crippen LogP contribution in [0.3, 0.4) is 0 Å². The zero-order chi connectivity index (χ0) is 19.7. The van der Waals surface area contributed by atoms with Crippen LogP contribution in [0, 0.1) is 0 Å². The third-order valence-electron chi connectivity index (χ3n) is 5.27. The van der Waals surface area contributed by atoms with Crippen molar-refractivity contribution in [1.29, 1.82) is 0 Å². The molecule has 0 aromatic heterocycles. The lowest BCUT2D eigenvalue weighted by Crippen LogP contribution is -2.41. The first-order valence-electron chi connectivity index (χ1n) is 11.0. The monoisotopic (exact) mass is 391 g/mol. The molecule has 5 heteroatoms. The van der Waals surface area contributed by atoms with E-state index in [1.807, 2.05) is 0 Å². The Bertz CT molecular complexity index is 407.